The lowest BCUT2D eigenvalue weighted by Crippen LogP contribution is -2.16. The van der Waals surface area contributed by atoms with Gasteiger partial charge in [-0.3, -0.25) is 5.32 Å². The number of aromatic nitrogens is 1. The summed E-state index contributed by atoms with van der Waals surface area (Å²) in [7, 11) is 0. The van der Waals surface area contributed by atoms with Gasteiger partial charge in [0.15, 0.2) is 5.76 Å². The molecule has 1 aromatic heterocycles. The van der Waals surface area contributed by atoms with Gasteiger partial charge < -0.3 is 14.0 Å². The number of rotatable bonds is 6. The molecule has 156 valence electrons. The van der Waals surface area contributed by atoms with Crippen LogP contribution in [0.5, 0.6) is 5.75 Å². The fourth-order valence-electron chi connectivity index (χ4n) is 3.68. The molecule has 4 rings (SSSR count). The number of anilines is 1. The summed E-state index contributed by atoms with van der Waals surface area (Å²) >= 11 is 0. The predicted molar refractivity (Wildman–Crippen MR) is 115 cm³/mol. The van der Waals surface area contributed by atoms with E-state index in [0.29, 0.717) is 23.2 Å². The lowest BCUT2D eigenvalue weighted by molar-refractivity contribution is 0.121. The Morgan fingerprint density at radius 3 is 2.50 bits per heavy atom. The number of amides is 1. The summed E-state index contributed by atoms with van der Waals surface area (Å²) in [5.41, 5.74) is 2.82. The SMILES string of the molecule is Cc1noc(-c2ccc(OC3CCCC3)cc2)c1NC(=O)O[C@H](C)c1ccccc1. The van der Waals surface area contributed by atoms with E-state index in [1.165, 1.54) is 12.8 Å². The second-order valence-corrected chi connectivity index (χ2v) is 7.60. The topological polar surface area (TPSA) is 73.6 Å². The highest BCUT2D eigenvalue weighted by Gasteiger charge is 2.20. The summed E-state index contributed by atoms with van der Waals surface area (Å²) in [6, 6.07) is 17.3. The van der Waals surface area contributed by atoms with Crippen LogP contribution in [0.15, 0.2) is 59.1 Å². The molecule has 3 aromatic rings. The molecule has 1 fully saturated rings. The van der Waals surface area contributed by atoms with Crippen molar-refractivity contribution in [3.8, 4) is 17.1 Å². The Kier molecular flexibility index (Phi) is 6.02. The lowest BCUT2D eigenvalue weighted by atomic mass is 10.1. The van der Waals surface area contributed by atoms with Crippen molar-refractivity contribution in [1.82, 2.24) is 5.16 Å². The molecule has 1 aliphatic carbocycles. The van der Waals surface area contributed by atoms with Crippen LogP contribution in [0.4, 0.5) is 10.5 Å². The maximum absolute atomic E-state index is 12.5. The highest BCUT2D eigenvalue weighted by atomic mass is 16.6. The highest BCUT2D eigenvalue weighted by Crippen LogP contribution is 2.33. The van der Waals surface area contributed by atoms with E-state index in [1.54, 1.807) is 6.92 Å². The third kappa shape index (κ3) is 4.64. The quantitative estimate of drug-likeness (QED) is 0.521. The first-order valence-electron chi connectivity index (χ1n) is 10.4. The summed E-state index contributed by atoms with van der Waals surface area (Å²) < 4.78 is 17.0. The molecular weight excluding hydrogens is 380 g/mol. The number of nitrogens with zero attached hydrogens (tertiary/aromatic N) is 1. The summed E-state index contributed by atoms with van der Waals surface area (Å²) in [5, 5.41) is 6.80. The Morgan fingerprint density at radius 2 is 1.80 bits per heavy atom. The maximum atomic E-state index is 12.5. The third-order valence-corrected chi connectivity index (χ3v) is 5.36. The number of hydrogen-bond donors (Lipinski definition) is 1. The van der Waals surface area contributed by atoms with E-state index in [1.807, 2.05) is 61.5 Å². The van der Waals surface area contributed by atoms with E-state index >= 15 is 0 Å². The molecular formula is C24H26N2O4. The maximum Gasteiger partial charge on any atom is 0.412 e. The molecule has 1 atom stereocenters. The van der Waals surface area contributed by atoms with Gasteiger partial charge in [-0.1, -0.05) is 35.5 Å². The molecule has 30 heavy (non-hydrogen) atoms. The van der Waals surface area contributed by atoms with Gasteiger partial charge in [0.05, 0.1) is 6.10 Å². The molecule has 0 radical (unpaired) electrons. The molecule has 6 nitrogen and oxygen atoms in total. The minimum atomic E-state index is -0.555. The van der Waals surface area contributed by atoms with Gasteiger partial charge in [-0.2, -0.15) is 0 Å². The van der Waals surface area contributed by atoms with Crippen LogP contribution in [0.2, 0.25) is 0 Å². The Hall–Kier alpha value is -3.28. The molecule has 6 heteroatoms. The number of ether oxygens (including phenoxy) is 2. The smallest absolute Gasteiger partial charge is 0.412 e. The number of carbonyl (C=O) groups is 1. The average molecular weight is 406 g/mol. The van der Waals surface area contributed by atoms with Crippen molar-refractivity contribution in [3.63, 3.8) is 0 Å². The minimum absolute atomic E-state index is 0.307. The Morgan fingerprint density at radius 1 is 1.10 bits per heavy atom. The molecule has 0 bridgehead atoms. The number of hydrogen-bond acceptors (Lipinski definition) is 5. The zero-order valence-corrected chi connectivity index (χ0v) is 17.3. The first-order valence-corrected chi connectivity index (χ1v) is 10.4. The van der Waals surface area contributed by atoms with Gasteiger partial charge in [0.1, 0.15) is 23.2 Å². The zero-order valence-electron chi connectivity index (χ0n) is 17.3. The molecule has 0 saturated heterocycles. The van der Waals surface area contributed by atoms with E-state index in [0.717, 1.165) is 29.7 Å². The summed E-state index contributed by atoms with van der Waals surface area (Å²) in [6.45, 7) is 3.61. The number of aryl methyl sites for hydroxylation is 1. The van der Waals surface area contributed by atoms with E-state index in [9.17, 15) is 4.79 Å². The standard InChI is InChI=1S/C24H26N2O4/c1-16-22(25-24(27)28-17(2)18-8-4-3-5-9-18)23(30-26-16)19-12-14-21(15-13-19)29-20-10-6-7-11-20/h3-5,8-9,12-15,17,20H,6-7,10-11H2,1-2H3,(H,25,27)/t17-/m1/s1. The van der Waals surface area contributed by atoms with Gasteiger partial charge in [0.2, 0.25) is 0 Å². The monoisotopic (exact) mass is 406 g/mol. The molecule has 1 amide bonds. The molecule has 1 saturated carbocycles. The van der Waals surface area contributed by atoms with E-state index in [-0.39, 0.29) is 6.10 Å². The first-order chi connectivity index (χ1) is 14.6. The molecule has 0 unspecified atom stereocenters. The minimum Gasteiger partial charge on any atom is -0.490 e. The van der Waals surface area contributed by atoms with Gasteiger partial charge in [-0.05, 0) is 69.4 Å². The average Bonchev–Trinajstić information content (AvgIpc) is 3.40. The van der Waals surface area contributed by atoms with Crippen LogP contribution in [0.3, 0.4) is 0 Å². The molecule has 2 aromatic carbocycles. The van der Waals surface area contributed by atoms with Crippen molar-refractivity contribution in [1.29, 1.82) is 0 Å². The number of carbonyl (C=O) groups excluding carboxylic acids is 1. The van der Waals surface area contributed by atoms with Crippen LogP contribution < -0.4 is 10.1 Å². The van der Waals surface area contributed by atoms with E-state index < -0.39 is 6.09 Å². The Bertz CT molecular complexity index is 976. The van der Waals surface area contributed by atoms with Gasteiger partial charge in [0, 0.05) is 5.56 Å². The fraction of sp³-hybridized carbons (Fsp3) is 0.333. The predicted octanol–water partition coefficient (Wildman–Crippen LogP) is 6.28. The Labute approximate surface area is 176 Å². The molecule has 1 heterocycles. The van der Waals surface area contributed by atoms with Crippen molar-refractivity contribution >= 4 is 11.8 Å². The zero-order chi connectivity index (χ0) is 20.9. The summed E-state index contributed by atoms with van der Waals surface area (Å²) in [4.78, 5) is 12.5. The Balaban J connectivity index is 1.44. The van der Waals surface area contributed by atoms with Crippen molar-refractivity contribution in [2.24, 2.45) is 0 Å². The largest absolute Gasteiger partial charge is 0.490 e. The third-order valence-electron chi connectivity index (χ3n) is 5.36. The van der Waals surface area contributed by atoms with Crippen molar-refractivity contribution in [2.45, 2.75) is 51.7 Å². The van der Waals surface area contributed by atoms with Crippen LogP contribution in [0.25, 0.3) is 11.3 Å². The second-order valence-electron chi connectivity index (χ2n) is 7.60. The molecule has 1 N–H and O–H groups in total. The summed E-state index contributed by atoms with van der Waals surface area (Å²) in [5.74, 6) is 1.33. The second kappa shape index (κ2) is 9.03. The van der Waals surface area contributed by atoms with Crippen molar-refractivity contribution in [2.75, 3.05) is 5.32 Å². The van der Waals surface area contributed by atoms with Crippen molar-refractivity contribution in [3.05, 3.63) is 65.9 Å². The van der Waals surface area contributed by atoms with Gasteiger partial charge in [0.25, 0.3) is 0 Å². The number of benzene rings is 2. The van der Waals surface area contributed by atoms with Crippen LogP contribution >= 0.6 is 0 Å². The van der Waals surface area contributed by atoms with Crippen LogP contribution in [0, 0.1) is 6.92 Å². The molecule has 1 aliphatic rings. The number of nitrogens with one attached hydrogen (secondary N) is 1. The van der Waals surface area contributed by atoms with Gasteiger partial charge in [-0.25, -0.2) is 4.79 Å². The van der Waals surface area contributed by atoms with Crippen molar-refractivity contribution < 1.29 is 18.8 Å². The van der Waals surface area contributed by atoms with Gasteiger partial charge in [-0.15, -0.1) is 0 Å². The lowest BCUT2D eigenvalue weighted by Gasteiger charge is -2.14. The normalized spacial score (nSPS) is 15.0. The highest BCUT2D eigenvalue weighted by molar-refractivity contribution is 5.90. The van der Waals surface area contributed by atoms with Crippen LogP contribution in [0.1, 0.15) is 50.0 Å². The van der Waals surface area contributed by atoms with E-state index in [2.05, 4.69) is 10.5 Å². The summed E-state index contributed by atoms with van der Waals surface area (Å²) in [6.07, 6.45) is 4.06. The van der Waals surface area contributed by atoms with Crippen LogP contribution in [-0.4, -0.2) is 17.4 Å². The van der Waals surface area contributed by atoms with E-state index in [4.69, 9.17) is 14.0 Å². The molecule has 0 spiro atoms. The fourth-order valence-corrected chi connectivity index (χ4v) is 3.68. The van der Waals surface area contributed by atoms with Gasteiger partial charge >= 0.3 is 6.09 Å². The first kappa shape index (κ1) is 20.0. The van der Waals surface area contributed by atoms with Crippen LogP contribution in [-0.2, 0) is 4.74 Å². The molecule has 0 aliphatic heterocycles.